The zero-order valence-corrected chi connectivity index (χ0v) is 9.66. The lowest BCUT2D eigenvalue weighted by atomic mass is 9.82. The summed E-state index contributed by atoms with van der Waals surface area (Å²) in [5.41, 5.74) is 5.89. The van der Waals surface area contributed by atoms with Gasteiger partial charge in [0.15, 0.2) is 0 Å². The van der Waals surface area contributed by atoms with Gasteiger partial charge in [0.25, 0.3) is 0 Å². The Balaban J connectivity index is 2.19. The third-order valence-electron chi connectivity index (χ3n) is 3.03. The molecular formula is C11H24N2O. The fraction of sp³-hybridized carbons (Fsp3) is 1.00. The zero-order chi connectivity index (χ0) is 10.8. The number of nitrogens with zero attached hydrogens (tertiary/aromatic N) is 1. The first-order valence-electron chi connectivity index (χ1n) is 5.49. The lowest BCUT2D eigenvalue weighted by Crippen LogP contribution is -2.42. The van der Waals surface area contributed by atoms with Crippen molar-refractivity contribution in [1.29, 1.82) is 0 Å². The lowest BCUT2D eigenvalue weighted by molar-refractivity contribution is 0.0239. The summed E-state index contributed by atoms with van der Waals surface area (Å²) in [6.07, 6.45) is 1.93. The number of hydrogen-bond acceptors (Lipinski definition) is 3. The summed E-state index contributed by atoms with van der Waals surface area (Å²) in [5, 5.41) is 9.17. The van der Waals surface area contributed by atoms with E-state index in [2.05, 4.69) is 25.8 Å². The molecule has 0 bridgehead atoms. The highest BCUT2D eigenvalue weighted by atomic mass is 16.3. The SMILES string of the molecule is CN(CC1CC(O)C1)CC(C)(C)CN. The van der Waals surface area contributed by atoms with Gasteiger partial charge in [-0.2, -0.15) is 0 Å². The summed E-state index contributed by atoms with van der Waals surface area (Å²) in [7, 11) is 2.14. The predicted molar refractivity (Wildman–Crippen MR) is 59.1 cm³/mol. The molecule has 0 aromatic carbocycles. The fourth-order valence-corrected chi connectivity index (χ4v) is 2.15. The Morgan fingerprint density at radius 2 is 2.00 bits per heavy atom. The Kier molecular flexibility index (Phi) is 3.93. The first-order valence-corrected chi connectivity index (χ1v) is 5.49. The van der Waals surface area contributed by atoms with Gasteiger partial charge in [0.05, 0.1) is 6.10 Å². The number of rotatable bonds is 5. The highest BCUT2D eigenvalue weighted by Crippen LogP contribution is 2.28. The second-order valence-electron chi connectivity index (χ2n) is 5.56. The van der Waals surface area contributed by atoms with Crippen LogP contribution < -0.4 is 5.73 Å². The molecule has 0 atom stereocenters. The Morgan fingerprint density at radius 3 is 2.43 bits per heavy atom. The average molecular weight is 200 g/mol. The molecule has 0 amide bonds. The lowest BCUT2D eigenvalue weighted by Gasteiger charge is -2.37. The molecule has 0 aromatic rings. The van der Waals surface area contributed by atoms with Crippen molar-refractivity contribution in [2.45, 2.75) is 32.8 Å². The number of nitrogens with two attached hydrogens (primary N) is 1. The Bertz CT molecular complexity index is 176. The van der Waals surface area contributed by atoms with E-state index >= 15 is 0 Å². The van der Waals surface area contributed by atoms with E-state index in [1.54, 1.807) is 0 Å². The first-order chi connectivity index (χ1) is 6.43. The van der Waals surface area contributed by atoms with E-state index in [1.807, 2.05) is 0 Å². The minimum Gasteiger partial charge on any atom is -0.393 e. The molecular weight excluding hydrogens is 176 g/mol. The molecule has 3 heteroatoms. The average Bonchev–Trinajstić information content (AvgIpc) is 2.00. The van der Waals surface area contributed by atoms with Crippen molar-refractivity contribution in [3.63, 3.8) is 0 Å². The molecule has 1 aliphatic carbocycles. The van der Waals surface area contributed by atoms with Gasteiger partial charge in [-0.1, -0.05) is 13.8 Å². The van der Waals surface area contributed by atoms with Crippen LogP contribution in [-0.4, -0.2) is 42.8 Å². The van der Waals surface area contributed by atoms with Gasteiger partial charge in [-0.15, -0.1) is 0 Å². The molecule has 1 saturated carbocycles. The third-order valence-corrected chi connectivity index (χ3v) is 3.03. The van der Waals surface area contributed by atoms with Crippen molar-refractivity contribution < 1.29 is 5.11 Å². The number of aliphatic hydroxyl groups excluding tert-OH is 1. The topological polar surface area (TPSA) is 49.5 Å². The van der Waals surface area contributed by atoms with Gasteiger partial charge in [-0.05, 0) is 37.8 Å². The second-order valence-corrected chi connectivity index (χ2v) is 5.56. The van der Waals surface area contributed by atoms with E-state index in [0.29, 0.717) is 5.92 Å². The molecule has 3 nitrogen and oxygen atoms in total. The molecule has 1 rings (SSSR count). The maximum Gasteiger partial charge on any atom is 0.0546 e. The summed E-state index contributed by atoms with van der Waals surface area (Å²) in [5.74, 6) is 0.698. The van der Waals surface area contributed by atoms with E-state index in [9.17, 15) is 5.11 Å². The molecule has 0 radical (unpaired) electrons. The largest absolute Gasteiger partial charge is 0.393 e. The van der Waals surface area contributed by atoms with Crippen LogP contribution >= 0.6 is 0 Å². The molecule has 84 valence electrons. The molecule has 14 heavy (non-hydrogen) atoms. The van der Waals surface area contributed by atoms with Crippen molar-refractivity contribution in [2.75, 3.05) is 26.7 Å². The van der Waals surface area contributed by atoms with Crippen LogP contribution in [-0.2, 0) is 0 Å². The highest BCUT2D eigenvalue weighted by Gasteiger charge is 2.29. The van der Waals surface area contributed by atoms with Crippen LogP contribution in [0.2, 0.25) is 0 Å². The van der Waals surface area contributed by atoms with Crippen LogP contribution in [0.4, 0.5) is 0 Å². The summed E-state index contributed by atoms with van der Waals surface area (Å²) in [6.45, 7) is 7.25. The third kappa shape index (κ3) is 3.56. The van der Waals surface area contributed by atoms with Crippen LogP contribution in [0.5, 0.6) is 0 Å². The van der Waals surface area contributed by atoms with Crippen molar-refractivity contribution in [3.8, 4) is 0 Å². The van der Waals surface area contributed by atoms with Crippen molar-refractivity contribution >= 4 is 0 Å². The second kappa shape index (κ2) is 4.60. The maximum atomic E-state index is 9.17. The molecule has 0 saturated heterocycles. The number of hydrogen-bond donors (Lipinski definition) is 2. The minimum atomic E-state index is -0.0316. The van der Waals surface area contributed by atoms with Crippen LogP contribution in [0, 0.1) is 11.3 Å². The van der Waals surface area contributed by atoms with E-state index < -0.39 is 0 Å². The summed E-state index contributed by atoms with van der Waals surface area (Å²) in [6, 6.07) is 0. The molecule has 0 unspecified atom stereocenters. The van der Waals surface area contributed by atoms with Crippen LogP contribution in [0.25, 0.3) is 0 Å². The molecule has 1 aliphatic rings. The number of aliphatic hydroxyl groups is 1. The predicted octanol–water partition coefficient (Wildman–Crippen LogP) is 0.674. The minimum absolute atomic E-state index is 0.0316. The molecule has 0 aromatic heterocycles. The molecule has 0 heterocycles. The van der Waals surface area contributed by atoms with Crippen molar-refractivity contribution in [3.05, 3.63) is 0 Å². The van der Waals surface area contributed by atoms with Gasteiger partial charge in [0.2, 0.25) is 0 Å². The highest BCUT2D eigenvalue weighted by molar-refractivity contribution is 4.82. The zero-order valence-electron chi connectivity index (χ0n) is 9.66. The Labute approximate surface area is 87.3 Å². The molecule has 0 aliphatic heterocycles. The quantitative estimate of drug-likeness (QED) is 0.686. The summed E-state index contributed by atoms with van der Waals surface area (Å²) < 4.78 is 0. The van der Waals surface area contributed by atoms with Crippen molar-refractivity contribution in [2.24, 2.45) is 17.1 Å². The monoisotopic (exact) mass is 200 g/mol. The molecule has 1 fully saturated rings. The summed E-state index contributed by atoms with van der Waals surface area (Å²) in [4.78, 5) is 2.34. The van der Waals surface area contributed by atoms with Gasteiger partial charge in [-0.25, -0.2) is 0 Å². The maximum absolute atomic E-state index is 9.17. The normalized spacial score (nSPS) is 27.9. The molecule has 3 N–H and O–H groups in total. The van der Waals surface area contributed by atoms with E-state index in [-0.39, 0.29) is 11.5 Å². The Morgan fingerprint density at radius 1 is 1.43 bits per heavy atom. The van der Waals surface area contributed by atoms with Gasteiger partial charge in [0, 0.05) is 13.1 Å². The van der Waals surface area contributed by atoms with Gasteiger partial charge in [0.1, 0.15) is 0 Å². The standard InChI is InChI=1S/C11H24N2O/c1-11(2,7-12)8-13(3)6-9-4-10(14)5-9/h9-10,14H,4-8,12H2,1-3H3. The van der Waals surface area contributed by atoms with Crippen LogP contribution in [0.3, 0.4) is 0 Å². The fourth-order valence-electron chi connectivity index (χ4n) is 2.15. The summed E-state index contributed by atoms with van der Waals surface area (Å²) >= 11 is 0. The van der Waals surface area contributed by atoms with E-state index in [1.165, 1.54) is 0 Å². The Hall–Kier alpha value is -0.120. The van der Waals surface area contributed by atoms with Gasteiger partial charge < -0.3 is 15.7 Å². The van der Waals surface area contributed by atoms with Crippen molar-refractivity contribution in [1.82, 2.24) is 4.90 Å². The van der Waals surface area contributed by atoms with Gasteiger partial charge in [-0.3, -0.25) is 0 Å². The van der Waals surface area contributed by atoms with Crippen LogP contribution in [0.1, 0.15) is 26.7 Å². The first kappa shape index (κ1) is 12.0. The van der Waals surface area contributed by atoms with E-state index in [4.69, 9.17) is 5.73 Å². The van der Waals surface area contributed by atoms with E-state index in [0.717, 1.165) is 32.5 Å². The smallest absolute Gasteiger partial charge is 0.0546 e. The van der Waals surface area contributed by atoms with Gasteiger partial charge >= 0.3 is 0 Å². The van der Waals surface area contributed by atoms with Crippen LogP contribution in [0.15, 0.2) is 0 Å². The molecule has 0 spiro atoms.